The first kappa shape index (κ1) is 28.3. The molecule has 39 heavy (non-hydrogen) atoms. The van der Waals surface area contributed by atoms with Crippen LogP contribution in [0.1, 0.15) is 50.7 Å². The number of amides is 3. The molecule has 3 amide bonds. The largest absolute Gasteiger partial charge is 0.493 e. The van der Waals surface area contributed by atoms with E-state index in [0.717, 1.165) is 17.5 Å². The Balaban J connectivity index is 1.53. The highest BCUT2D eigenvalue weighted by Gasteiger charge is 2.34. The number of nitrogens with one attached hydrogen (secondary N) is 2. The van der Waals surface area contributed by atoms with E-state index in [1.807, 2.05) is 41.3 Å². The molecule has 5 aliphatic rings. The minimum Gasteiger partial charge on any atom is -0.493 e. The fraction of sp³-hybridized carbons (Fsp3) is 0.500. The topological polar surface area (TPSA) is 106 Å². The van der Waals surface area contributed by atoms with E-state index in [4.69, 9.17) is 14.2 Å². The Morgan fingerprint density at radius 3 is 2.59 bits per heavy atom. The smallest absolute Gasteiger partial charge is 0.258 e. The average Bonchev–Trinajstić information content (AvgIpc) is 2.93. The predicted molar refractivity (Wildman–Crippen MR) is 147 cm³/mol. The highest BCUT2D eigenvalue weighted by Crippen LogP contribution is 2.29. The van der Waals surface area contributed by atoms with E-state index < -0.39 is 6.04 Å². The summed E-state index contributed by atoms with van der Waals surface area (Å²) in [4.78, 5) is 40.1. The molecule has 0 unspecified atom stereocenters. The van der Waals surface area contributed by atoms with Crippen molar-refractivity contribution in [2.45, 2.75) is 64.6 Å². The molecule has 2 N–H and O–H groups in total. The van der Waals surface area contributed by atoms with Crippen LogP contribution in [0.15, 0.2) is 42.5 Å². The Bertz CT molecular complexity index is 1150. The molecule has 0 aliphatic carbocycles. The quantitative estimate of drug-likeness (QED) is 0.620. The van der Waals surface area contributed by atoms with Gasteiger partial charge in [-0.25, -0.2) is 0 Å². The van der Waals surface area contributed by atoms with Gasteiger partial charge in [-0.3, -0.25) is 14.4 Å². The first-order chi connectivity index (χ1) is 18.8. The summed E-state index contributed by atoms with van der Waals surface area (Å²) < 4.78 is 17.6. The highest BCUT2D eigenvalue weighted by atomic mass is 16.5. The highest BCUT2D eigenvalue weighted by molar-refractivity contribution is 5.79. The first-order valence-corrected chi connectivity index (χ1v) is 13.7. The van der Waals surface area contributed by atoms with Crippen LogP contribution < -0.4 is 24.8 Å². The number of carbonyl (C=O) groups excluding carboxylic acids is 3. The van der Waals surface area contributed by atoms with Gasteiger partial charge >= 0.3 is 0 Å². The van der Waals surface area contributed by atoms with Crippen molar-refractivity contribution in [1.29, 1.82) is 0 Å². The van der Waals surface area contributed by atoms with E-state index in [-0.39, 0.29) is 30.4 Å². The van der Waals surface area contributed by atoms with E-state index in [1.165, 1.54) is 7.11 Å². The van der Waals surface area contributed by atoms with Gasteiger partial charge in [0.2, 0.25) is 11.8 Å². The molecule has 1 saturated heterocycles. The van der Waals surface area contributed by atoms with Crippen molar-refractivity contribution in [3.63, 3.8) is 0 Å². The first-order valence-electron chi connectivity index (χ1n) is 13.7. The Morgan fingerprint density at radius 2 is 1.85 bits per heavy atom. The zero-order chi connectivity index (χ0) is 27.8. The van der Waals surface area contributed by atoms with Crippen molar-refractivity contribution in [2.75, 3.05) is 26.8 Å². The number of likely N-dealkylation sites (tertiary alicyclic amines) is 1. The number of benzene rings is 2. The van der Waals surface area contributed by atoms with Crippen LogP contribution in [-0.2, 0) is 27.3 Å². The average molecular weight is 538 g/mol. The molecule has 4 bridgehead atoms. The lowest BCUT2D eigenvalue weighted by Crippen LogP contribution is -2.58. The lowest BCUT2D eigenvalue weighted by atomic mass is 10.00. The van der Waals surface area contributed by atoms with Crippen LogP contribution >= 0.6 is 0 Å². The number of carbonyl (C=O) groups is 3. The molecule has 2 atom stereocenters. The monoisotopic (exact) mass is 537 g/mol. The number of ether oxygens (including phenoxy) is 3. The number of methoxy groups -OCH3 is 1. The van der Waals surface area contributed by atoms with Gasteiger partial charge in [0, 0.05) is 38.9 Å². The fourth-order valence-electron chi connectivity index (χ4n) is 4.79. The molecule has 0 aromatic heterocycles. The summed E-state index contributed by atoms with van der Waals surface area (Å²) in [6, 6.07) is 12.6. The maximum absolute atomic E-state index is 13.0. The summed E-state index contributed by atoms with van der Waals surface area (Å²) in [5.41, 5.74) is 1.89. The predicted octanol–water partition coefficient (Wildman–Crippen LogP) is 3.24. The van der Waals surface area contributed by atoms with Crippen molar-refractivity contribution in [2.24, 2.45) is 5.92 Å². The number of rotatable bonds is 4. The summed E-state index contributed by atoms with van der Waals surface area (Å²) in [5.74, 6) is 1.79. The second-order valence-electron chi connectivity index (χ2n) is 10.6. The molecule has 5 heterocycles. The molecule has 0 saturated carbocycles. The van der Waals surface area contributed by atoms with Crippen molar-refractivity contribution < 1.29 is 28.6 Å². The Kier molecular flexibility index (Phi) is 9.68. The molecule has 5 aliphatic heterocycles. The summed E-state index contributed by atoms with van der Waals surface area (Å²) in [6.07, 6.45) is 2.48. The van der Waals surface area contributed by atoms with Gasteiger partial charge in [-0.05, 0) is 54.2 Å². The third kappa shape index (κ3) is 8.12. The summed E-state index contributed by atoms with van der Waals surface area (Å²) in [6.45, 7) is 5.35. The number of aryl methyl sites for hydroxylation is 1. The number of piperidine rings is 1. The van der Waals surface area contributed by atoms with Gasteiger partial charge in [-0.2, -0.15) is 0 Å². The summed E-state index contributed by atoms with van der Waals surface area (Å²) in [7, 11) is 1.54. The maximum atomic E-state index is 13.0. The molecule has 2 aromatic rings. The van der Waals surface area contributed by atoms with Crippen LogP contribution in [0.5, 0.6) is 17.2 Å². The molecule has 0 radical (unpaired) electrons. The maximum Gasteiger partial charge on any atom is 0.258 e. The van der Waals surface area contributed by atoms with Gasteiger partial charge in [-0.1, -0.05) is 32.0 Å². The number of hydrogen-bond acceptors (Lipinski definition) is 6. The molecular formula is C30H39N3O6. The fourth-order valence-corrected chi connectivity index (χ4v) is 4.79. The van der Waals surface area contributed by atoms with Crippen LogP contribution in [0.25, 0.3) is 0 Å². The van der Waals surface area contributed by atoms with Gasteiger partial charge < -0.3 is 29.7 Å². The van der Waals surface area contributed by atoms with Crippen molar-refractivity contribution in [1.82, 2.24) is 15.5 Å². The zero-order valence-electron chi connectivity index (χ0n) is 23.0. The van der Waals surface area contributed by atoms with Gasteiger partial charge in [0.05, 0.1) is 13.2 Å². The van der Waals surface area contributed by atoms with E-state index in [2.05, 4.69) is 24.5 Å². The van der Waals surface area contributed by atoms with Gasteiger partial charge in [0.25, 0.3) is 5.91 Å². The Hall–Kier alpha value is -3.75. The zero-order valence-corrected chi connectivity index (χ0v) is 23.0. The lowest BCUT2D eigenvalue weighted by molar-refractivity contribution is -0.135. The molecule has 210 valence electrons. The Morgan fingerprint density at radius 1 is 1.08 bits per heavy atom. The molecule has 0 spiro atoms. The van der Waals surface area contributed by atoms with E-state index >= 15 is 0 Å². The summed E-state index contributed by atoms with van der Waals surface area (Å²) in [5, 5.41) is 6.01. The van der Waals surface area contributed by atoms with Crippen LogP contribution in [0.3, 0.4) is 0 Å². The minimum atomic E-state index is -0.397. The third-order valence-electron chi connectivity index (χ3n) is 7.11. The van der Waals surface area contributed by atoms with Gasteiger partial charge in [0.1, 0.15) is 11.9 Å². The van der Waals surface area contributed by atoms with E-state index in [1.54, 1.807) is 6.07 Å². The van der Waals surface area contributed by atoms with Crippen molar-refractivity contribution >= 4 is 17.7 Å². The van der Waals surface area contributed by atoms with E-state index in [0.29, 0.717) is 68.5 Å². The van der Waals surface area contributed by atoms with Crippen LogP contribution in [-0.4, -0.2) is 61.6 Å². The SMILES string of the molecule is COc1cc2ccc1OCC(=O)N[C@@H]1CN(C(=O)CCC(C)C)CC[C@H]1Oc1ccc(cc1)CNC(=O)CC2. The molecule has 7 rings (SSSR count). The minimum absolute atomic E-state index is 0.0433. The molecule has 9 nitrogen and oxygen atoms in total. The Labute approximate surface area is 230 Å². The van der Waals surface area contributed by atoms with Crippen molar-refractivity contribution in [3.8, 4) is 17.2 Å². The van der Waals surface area contributed by atoms with Gasteiger partial charge in [-0.15, -0.1) is 0 Å². The summed E-state index contributed by atoms with van der Waals surface area (Å²) >= 11 is 0. The lowest BCUT2D eigenvalue weighted by Gasteiger charge is -2.39. The van der Waals surface area contributed by atoms with Gasteiger partial charge in [0.15, 0.2) is 18.1 Å². The second kappa shape index (κ2) is 13.4. The molecule has 9 heteroatoms. The molecular weight excluding hydrogens is 498 g/mol. The van der Waals surface area contributed by atoms with E-state index in [9.17, 15) is 14.4 Å². The molecule has 1 fully saturated rings. The van der Waals surface area contributed by atoms with Crippen molar-refractivity contribution in [3.05, 3.63) is 53.6 Å². The molecule has 2 aromatic carbocycles. The van der Waals surface area contributed by atoms with Crippen LogP contribution in [0, 0.1) is 5.92 Å². The third-order valence-corrected chi connectivity index (χ3v) is 7.11. The standard InChI is InChI=1S/C30H39N3O6/c1-20(2)4-13-30(36)33-15-14-25-24(18-33)32-29(35)19-38-26-11-7-21(16-27(26)37-3)8-12-28(34)31-17-22-5-9-23(39-25)10-6-22/h5-7,9-11,16,20,24-25H,4,8,12-15,17-19H2,1-3H3,(H,31,34)(H,32,35)/t24-,25-/m1/s1. The second-order valence-corrected chi connectivity index (χ2v) is 10.6. The normalized spacial score (nSPS) is 20.4. The van der Waals surface area contributed by atoms with Crippen LogP contribution in [0.4, 0.5) is 0 Å². The number of hydrogen-bond donors (Lipinski definition) is 2. The van der Waals surface area contributed by atoms with Crippen LogP contribution in [0.2, 0.25) is 0 Å². The number of nitrogens with zero attached hydrogens (tertiary/aromatic N) is 1.